The molecule has 1 heterocycles. The molecule has 18 heavy (non-hydrogen) atoms. The molecule has 1 amide bonds. The van der Waals surface area contributed by atoms with Gasteiger partial charge in [-0.15, -0.1) is 0 Å². The highest BCUT2D eigenvalue weighted by Gasteiger charge is 2.31. The zero-order valence-electron chi connectivity index (χ0n) is 10.3. The number of fused-ring (bicyclic) bond motifs is 1. The molecule has 1 saturated carbocycles. The van der Waals surface area contributed by atoms with Gasteiger partial charge < -0.3 is 15.8 Å². The molecule has 2 aliphatic rings. The van der Waals surface area contributed by atoms with E-state index in [2.05, 4.69) is 5.32 Å². The van der Waals surface area contributed by atoms with Gasteiger partial charge in [-0.3, -0.25) is 4.79 Å². The SMILES string of the molecule is NC1CC(NC(=O)C2COc3ccccc3C2)C1. The van der Waals surface area contributed by atoms with Crippen molar-refractivity contribution < 1.29 is 9.53 Å². The topological polar surface area (TPSA) is 64.3 Å². The van der Waals surface area contributed by atoms with E-state index in [9.17, 15) is 4.79 Å². The number of nitrogens with one attached hydrogen (secondary N) is 1. The summed E-state index contributed by atoms with van der Waals surface area (Å²) in [5, 5.41) is 3.05. The lowest BCUT2D eigenvalue weighted by atomic mass is 9.86. The maximum Gasteiger partial charge on any atom is 0.227 e. The van der Waals surface area contributed by atoms with Crippen molar-refractivity contribution in [3.63, 3.8) is 0 Å². The number of para-hydroxylation sites is 1. The lowest BCUT2D eigenvalue weighted by Gasteiger charge is -2.34. The minimum Gasteiger partial charge on any atom is -0.492 e. The minimum absolute atomic E-state index is 0.0725. The standard InChI is InChI=1S/C14H18N2O2/c15-11-6-12(7-11)16-14(17)10-5-9-3-1-2-4-13(9)18-8-10/h1-4,10-12H,5-8,15H2,(H,16,17). The second-order valence-electron chi connectivity index (χ2n) is 5.26. The normalized spacial score (nSPS) is 29.7. The first-order chi connectivity index (χ1) is 8.72. The minimum atomic E-state index is -0.0725. The second kappa shape index (κ2) is 4.61. The van der Waals surface area contributed by atoms with Crippen molar-refractivity contribution in [2.75, 3.05) is 6.61 Å². The maximum absolute atomic E-state index is 12.1. The first kappa shape index (κ1) is 11.5. The zero-order chi connectivity index (χ0) is 12.5. The quantitative estimate of drug-likeness (QED) is 0.813. The number of carbonyl (C=O) groups is 1. The van der Waals surface area contributed by atoms with Crippen LogP contribution in [0.2, 0.25) is 0 Å². The van der Waals surface area contributed by atoms with Gasteiger partial charge in [-0.1, -0.05) is 18.2 Å². The summed E-state index contributed by atoms with van der Waals surface area (Å²) in [6, 6.07) is 8.44. The number of rotatable bonds is 2. The Morgan fingerprint density at radius 1 is 1.33 bits per heavy atom. The highest BCUT2D eigenvalue weighted by atomic mass is 16.5. The van der Waals surface area contributed by atoms with E-state index in [-0.39, 0.29) is 23.9 Å². The van der Waals surface area contributed by atoms with Gasteiger partial charge in [-0.2, -0.15) is 0 Å². The van der Waals surface area contributed by atoms with E-state index >= 15 is 0 Å². The number of carbonyl (C=O) groups excluding carboxylic acids is 1. The van der Waals surface area contributed by atoms with Gasteiger partial charge in [0.1, 0.15) is 12.4 Å². The average molecular weight is 246 g/mol. The van der Waals surface area contributed by atoms with Crippen LogP contribution in [0.25, 0.3) is 0 Å². The average Bonchev–Trinajstić information content (AvgIpc) is 2.36. The van der Waals surface area contributed by atoms with Crippen LogP contribution in [0, 0.1) is 5.92 Å². The fraction of sp³-hybridized carbons (Fsp3) is 0.500. The summed E-state index contributed by atoms with van der Waals surface area (Å²) in [5.41, 5.74) is 6.83. The number of hydrogen-bond donors (Lipinski definition) is 2. The second-order valence-corrected chi connectivity index (χ2v) is 5.26. The molecule has 1 aromatic carbocycles. The Hall–Kier alpha value is -1.55. The third kappa shape index (κ3) is 2.20. The van der Waals surface area contributed by atoms with Gasteiger partial charge in [0.05, 0.1) is 5.92 Å². The van der Waals surface area contributed by atoms with Gasteiger partial charge in [0, 0.05) is 12.1 Å². The van der Waals surface area contributed by atoms with Crippen LogP contribution < -0.4 is 15.8 Å². The monoisotopic (exact) mass is 246 g/mol. The lowest BCUT2D eigenvalue weighted by molar-refractivity contribution is -0.127. The van der Waals surface area contributed by atoms with Crippen molar-refractivity contribution in [3.05, 3.63) is 29.8 Å². The van der Waals surface area contributed by atoms with Gasteiger partial charge in [0.25, 0.3) is 0 Å². The molecule has 4 heteroatoms. The molecule has 1 aliphatic carbocycles. The largest absolute Gasteiger partial charge is 0.492 e. The molecule has 0 spiro atoms. The molecule has 0 radical (unpaired) electrons. The molecule has 0 aromatic heterocycles. The fourth-order valence-electron chi connectivity index (χ4n) is 2.60. The molecule has 96 valence electrons. The van der Waals surface area contributed by atoms with Crippen molar-refractivity contribution in [2.24, 2.45) is 11.7 Å². The molecule has 4 nitrogen and oxygen atoms in total. The Labute approximate surface area is 107 Å². The van der Waals surface area contributed by atoms with Crippen LogP contribution in [-0.4, -0.2) is 24.6 Å². The molecule has 1 fully saturated rings. The van der Waals surface area contributed by atoms with E-state index in [1.165, 1.54) is 0 Å². The number of hydrogen-bond acceptors (Lipinski definition) is 3. The molecular weight excluding hydrogens is 228 g/mol. The lowest BCUT2D eigenvalue weighted by Crippen LogP contribution is -2.52. The summed E-state index contributed by atoms with van der Waals surface area (Å²) in [5.74, 6) is 0.936. The summed E-state index contributed by atoms with van der Waals surface area (Å²) < 4.78 is 5.63. The molecular formula is C14H18N2O2. The Kier molecular flexibility index (Phi) is 2.96. The van der Waals surface area contributed by atoms with Crippen LogP contribution in [-0.2, 0) is 11.2 Å². The van der Waals surface area contributed by atoms with E-state index < -0.39 is 0 Å². The van der Waals surface area contributed by atoms with Crippen molar-refractivity contribution in [1.29, 1.82) is 0 Å². The molecule has 0 saturated heterocycles. The first-order valence-corrected chi connectivity index (χ1v) is 6.49. The number of amides is 1. The Balaban J connectivity index is 1.60. The molecule has 1 unspecified atom stereocenters. The molecule has 1 aliphatic heterocycles. The van der Waals surface area contributed by atoms with Crippen LogP contribution in [0.5, 0.6) is 5.75 Å². The van der Waals surface area contributed by atoms with E-state index in [1.807, 2.05) is 24.3 Å². The number of ether oxygens (including phenoxy) is 1. The third-order valence-electron chi connectivity index (χ3n) is 3.77. The molecule has 1 aromatic rings. The molecule has 3 N–H and O–H groups in total. The van der Waals surface area contributed by atoms with E-state index in [0.717, 1.165) is 30.6 Å². The van der Waals surface area contributed by atoms with Crippen molar-refractivity contribution in [1.82, 2.24) is 5.32 Å². The van der Waals surface area contributed by atoms with Crippen LogP contribution in [0.4, 0.5) is 0 Å². The summed E-state index contributed by atoms with van der Waals surface area (Å²) in [4.78, 5) is 12.1. The fourth-order valence-corrected chi connectivity index (χ4v) is 2.60. The van der Waals surface area contributed by atoms with Gasteiger partial charge >= 0.3 is 0 Å². The van der Waals surface area contributed by atoms with Gasteiger partial charge in [0.2, 0.25) is 5.91 Å². The van der Waals surface area contributed by atoms with Crippen molar-refractivity contribution >= 4 is 5.91 Å². The predicted molar refractivity (Wildman–Crippen MR) is 68.3 cm³/mol. The van der Waals surface area contributed by atoms with Gasteiger partial charge in [-0.25, -0.2) is 0 Å². The summed E-state index contributed by atoms with van der Waals surface area (Å²) in [6.07, 6.45) is 2.56. The van der Waals surface area contributed by atoms with Gasteiger partial charge in [0.15, 0.2) is 0 Å². The summed E-state index contributed by atoms with van der Waals surface area (Å²) in [6.45, 7) is 0.474. The van der Waals surface area contributed by atoms with Crippen LogP contribution in [0.15, 0.2) is 24.3 Å². The summed E-state index contributed by atoms with van der Waals surface area (Å²) >= 11 is 0. The van der Waals surface area contributed by atoms with E-state index in [1.54, 1.807) is 0 Å². The Morgan fingerprint density at radius 2 is 2.11 bits per heavy atom. The smallest absolute Gasteiger partial charge is 0.227 e. The highest BCUT2D eigenvalue weighted by molar-refractivity contribution is 5.80. The first-order valence-electron chi connectivity index (χ1n) is 6.49. The molecule has 3 rings (SSSR count). The van der Waals surface area contributed by atoms with E-state index in [4.69, 9.17) is 10.5 Å². The zero-order valence-corrected chi connectivity index (χ0v) is 10.3. The Morgan fingerprint density at radius 3 is 2.89 bits per heavy atom. The highest BCUT2D eigenvalue weighted by Crippen LogP contribution is 2.27. The van der Waals surface area contributed by atoms with Crippen LogP contribution in [0.1, 0.15) is 18.4 Å². The molecule has 1 atom stereocenters. The Bertz CT molecular complexity index is 455. The van der Waals surface area contributed by atoms with Crippen molar-refractivity contribution in [2.45, 2.75) is 31.3 Å². The van der Waals surface area contributed by atoms with Crippen LogP contribution in [0.3, 0.4) is 0 Å². The van der Waals surface area contributed by atoms with Crippen LogP contribution >= 0.6 is 0 Å². The maximum atomic E-state index is 12.1. The van der Waals surface area contributed by atoms with Gasteiger partial charge in [-0.05, 0) is 30.9 Å². The van der Waals surface area contributed by atoms with E-state index in [0.29, 0.717) is 6.61 Å². The molecule has 0 bridgehead atoms. The summed E-state index contributed by atoms with van der Waals surface area (Å²) in [7, 11) is 0. The third-order valence-corrected chi connectivity index (χ3v) is 3.77. The predicted octanol–water partition coefficient (Wildman–Crippen LogP) is 0.844. The van der Waals surface area contributed by atoms with Crippen molar-refractivity contribution in [3.8, 4) is 5.75 Å². The number of benzene rings is 1. The number of nitrogens with two attached hydrogens (primary N) is 1.